The Kier molecular flexibility index (Phi) is 11.2. The average molecular weight is 605 g/mol. The molecule has 8 nitrogen and oxygen atoms in total. The zero-order valence-corrected chi connectivity index (χ0v) is 27.9. The third-order valence-electron chi connectivity index (χ3n) is 7.57. The van der Waals surface area contributed by atoms with Crippen LogP contribution in [0.25, 0.3) is 0 Å². The van der Waals surface area contributed by atoms with Crippen molar-refractivity contribution >= 4 is 33.5 Å². The number of rotatable bonds is 13. The first-order chi connectivity index (χ1) is 19.2. The van der Waals surface area contributed by atoms with E-state index in [0.717, 1.165) is 11.6 Å². The molecule has 1 N–H and O–H groups in total. The Labute approximate surface area is 246 Å². The molecule has 0 aliphatic heterocycles. The zero-order chi connectivity index (χ0) is 30.4. The SMILES string of the molecule is CCOC(=O)[C@@H]1C[C@H](C)[C@@H](OC(=O)Cc2ccccc2)[C@@H](OCOCC[Si](C)(C)C)[C@@]1(O)c1ccoc1[Si](C)(C)C. The van der Waals surface area contributed by atoms with Crippen LogP contribution in [0.1, 0.15) is 31.4 Å². The van der Waals surface area contributed by atoms with Gasteiger partial charge in [0.1, 0.15) is 32.7 Å². The number of carbonyl (C=O) groups is 2. The Bertz CT molecular complexity index is 1140. The molecule has 10 heteroatoms. The van der Waals surface area contributed by atoms with Crippen LogP contribution in [0.15, 0.2) is 47.1 Å². The van der Waals surface area contributed by atoms with Gasteiger partial charge in [0.25, 0.3) is 0 Å². The monoisotopic (exact) mass is 604 g/mol. The van der Waals surface area contributed by atoms with Crippen molar-refractivity contribution < 1.29 is 38.1 Å². The van der Waals surface area contributed by atoms with Crippen LogP contribution in [0.4, 0.5) is 0 Å². The molecule has 0 unspecified atom stereocenters. The number of furan rings is 1. The first-order valence-electron chi connectivity index (χ1n) is 14.6. The maximum absolute atomic E-state index is 13.4. The molecule has 0 bridgehead atoms. The summed E-state index contributed by atoms with van der Waals surface area (Å²) >= 11 is 0. The van der Waals surface area contributed by atoms with E-state index < -0.39 is 51.8 Å². The van der Waals surface area contributed by atoms with Crippen LogP contribution < -0.4 is 5.38 Å². The van der Waals surface area contributed by atoms with Gasteiger partial charge in [0, 0.05) is 20.2 Å². The van der Waals surface area contributed by atoms with Crippen LogP contribution in [-0.4, -0.2) is 65.4 Å². The van der Waals surface area contributed by atoms with E-state index in [9.17, 15) is 14.7 Å². The highest BCUT2D eigenvalue weighted by molar-refractivity contribution is 6.88. The molecule has 5 atom stereocenters. The topological polar surface area (TPSA) is 104 Å². The van der Waals surface area contributed by atoms with E-state index >= 15 is 0 Å². The molecular weight excluding hydrogens is 557 g/mol. The molecule has 228 valence electrons. The van der Waals surface area contributed by atoms with Crippen molar-refractivity contribution in [2.75, 3.05) is 20.0 Å². The first-order valence-corrected chi connectivity index (χ1v) is 21.8. The Morgan fingerprint density at radius 3 is 2.37 bits per heavy atom. The van der Waals surface area contributed by atoms with Crippen molar-refractivity contribution in [1.82, 2.24) is 0 Å². The van der Waals surface area contributed by atoms with Crippen molar-refractivity contribution in [3.8, 4) is 0 Å². The first kappa shape index (κ1) is 33.3. The van der Waals surface area contributed by atoms with Crippen molar-refractivity contribution in [3.63, 3.8) is 0 Å². The molecule has 3 rings (SSSR count). The van der Waals surface area contributed by atoms with Crippen LogP contribution >= 0.6 is 0 Å². The lowest BCUT2D eigenvalue weighted by molar-refractivity contribution is -0.253. The maximum atomic E-state index is 13.4. The summed E-state index contributed by atoms with van der Waals surface area (Å²) in [4.78, 5) is 26.6. The van der Waals surface area contributed by atoms with Crippen LogP contribution in [0.5, 0.6) is 0 Å². The molecule has 1 saturated carbocycles. The van der Waals surface area contributed by atoms with E-state index in [1.165, 1.54) is 0 Å². The largest absolute Gasteiger partial charge is 0.474 e. The number of hydrogen-bond donors (Lipinski definition) is 1. The predicted molar refractivity (Wildman–Crippen MR) is 163 cm³/mol. The fraction of sp³-hybridized carbons (Fsp3) is 0.613. The standard InChI is InChI=1S/C31H48O8Si2/c1-9-36-29(33)25-19-22(2)27(39-26(32)20-23-13-11-10-12-14-23)28(38-21-35-17-18-40(3,4)5)31(25,34)24-15-16-37-30(24)41(6,7)8/h10-16,22,25,27-28,34H,9,17-21H2,1-8H3/t22-,25-,27+,28+,31+/m0/s1. The number of aliphatic hydroxyl groups is 1. The van der Waals surface area contributed by atoms with Gasteiger partial charge in [0.2, 0.25) is 0 Å². The molecule has 1 fully saturated rings. The summed E-state index contributed by atoms with van der Waals surface area (Å²) < 4.78 is 29.7. The summed E-state index contributed by atoms with van der Waals surface area (Å²) in [5, 5.41) is 13.4. The molecule has 41 heavy (non-hydrogen) atoms. The van der Waals surface area contributed by atoms with Gasteiger partial charge < -0.3 is 28.5 Å². The Morgan fingerprint density at radius 2 is 1.76 bits per heavy atom. The number of benzene rings is 1. The third kappa shape index (κ3) is 8.41. The van der Waals surface area contributed by atoms with Crippen molar-refractivity contribution in [1.29, 1.82) is 0 Å². The molecule has 1 aromatic carbocycles. The van der Waals surface area contributed by atoms with E-state index in [2.05, 4.69) is 39.3 Å². The van der Waals surface area contributed by atoms with E-state index in [-0.39, 0.29) is 32.2 Å². The Balaban J connectivity index is 2.03. The summed E-state index contributed by atoms with van der Waals surface area (Å²) in [5.74, 6) is -2.22. The molecule has 1 aliphatic carbocycles. The molecule has 0 saturated heterocycles. The lowest BCUT2D eigenvalue weighted by Crippen LogP contribution is -2.64. The van der Waals surface area contributed by atoms with E-state index in [4.69, 9.17) is 23.4 Å². The predicted octanol–water partition coefficient (Wildman–Crippen LogP) is 5.08. The van der Waals surface area contributed by atoms with Gasteiger partial charge in [-0.15, -0.1) is 0 Å². The quantitative estimate of drug-likeness (QED) is 0.146. The summed E-state index contributed by atoms with van der Waals surface area (Å²) in [6, 6.07) is 12.0. The Morgan fingerprint density at radius 1 is 1.07 bits per heavy atom. The minimum atomic E-state index is -2.12. The second-order valence-electron chi connectivity index (χ2n) is 13.3. The smallest absolute Gasteiger partial charge is 0.312 e. The normalized spacial score (nSPS) is 25.1. The second-order valence-corrected chi connectivity index (χ2v) is 23.9. The average Bonchev–Trinajstić information content (AvgIpc) is 3.39. The molecule has 1 aromatic heterocycles. The highest BCUT2D eigenvalue weighted by Crippen LogP contribution is 2.47. The van der Waals surface area contributed by atoms with Gasteiger partial charge in [0.15, 0.2) is 0 Å². The highest BCUT2D eigenvalue weighted by atomic mass is 28.3. The van der Waals surface area contributed by atoms with Gasteiger partial charge in [-0.1, -0.05) is 76.5 Å². The van der Waals surface area contributed by atoms with Gasteiger partial charge >= 0.3 is 11.9 Å². The van der Waals surface area contributed by atoms with Gasteiger partial charge in [-0.2, -0.15) is 0 Å². The maximum Gasteiger partial charge on any atom is 0.312 e. The van der Waals surface area contributed by atoms with Crippen molar-refractivity contribution in [2.24, 2.45) is 11.8 Å². The Hall–Kier alpha value is -2.25. The minimum Gasteiger partial charge on any atom is -0.474 e. The van der Waals surface area contributed by atoms with Gasteiger partial charge in [0.05, 0.1) is 30.6 Å². The van der Waals surface area contributed by atoms with Crippen molar-refractivity contribution in [3.05, 3.63) is 53.8 Å². The summed E-state index contributed by atoms with van der Waals surface area (Å²) in [7, 11) is -3.46. The summed E-state index contributed by atoms with van der Waals surface area (Å²) in [6.45, 7) is 17.3. The lowest BCUT2D eigenvalue weighted by Gasteiger charge is -2.50. The number of hydrogen-bond acceptors (Lipinski definition) is 8. The van der Waals surface area contributed by atoms with E-state index in [0.29, 0.717) is 17.6 Å². The fourth-order valence-electron chi connectivity index (χ4n) is 5.41. The van der Waals surface area contributed by atoms with E-state index in [1.807, 2.05) is 37.3 Å². The van der Waals surface area contributed by atoms with Crippen molar-refractivity contribution in [2.45, 2.75) is 89.8 Å². The number of esters is 2. The number of carbonyl (C=O) groups excluding carboxylic acids is 2. The highest BCUT2D eigenvalue weighted by Gasteiger charge is 2.61. The van der Waals surface area contributed by atoms with Gasteiger partial charge in [-0.05, 0) is 36.9 Å². The summed E-state index contributed by atoms with van der Waals surface area (Å²) in [5.41, 5.74) is -0.567. The number of ether oxygens (including phenoxy) is 4. The second kappa shape index (κ2) is 13.8. The molecule has 1 heterocycles. The van der Waals surface area contributed by atoms with Crippen LogP contribution in [-0.2, 0) is 40.6 Å². The molecule has 0 radical (unpaired) electrons. The fourth-order valence-corrected chi connectivity index (χ4v) is 7.68. The van der Waals surface area contributed by atoms with Gasteiger partial charge in [-0.25, -0.2) is 0 Å². The van der Waals surface area contributed by atoms with Crippen LogP contribution in [0, 0.1) is 11.8 Å². The summed E-state index contributed by atoms with van der Waals surface area (Å²) in [6.07, 6.45) is -0.0776. The zero-order valence-electron chi connectivity index (χ0n) is 25.9. The minimum absolute atomic E-state index is 0.0785. The van der Waals surface area contributed by atoms with Crippen LogP contribution in [0.2, 0.25) is 45.3 Å². The molecule has 0 amide bonds. The molecule has 0 spiro atoms. The van der Waals surface area contributed by atoms with Crippen LogP contribution in [0.3, 0.4) is 0 Å². The molecular formula is C31H48O8Si2. The van der Waals surface area contributed by atoms with E-state index in [1.54, 1.807) is 19.3 Å². The molecule has 1 aliphatic rings. The third-order valence-corrected chi connectivity index (χ3v) is 11.0. The van der Waals surface area contributed by atoms with Gasteiger partial charge in [-0.3, -0.25) is 9.59 Å². The lowest BCUT2D eigenvalue weighted by atomic mass is 9.65. The molecule has 2 aromatic rings.